The van der Waals surface area contributed by atoms with Crippen molar-refractivity contribution in [2.24, 2.45) is 0 Å². The molecule has 0 amide bonds. The van der Waals surface area contributed by atoms with Crippen LogP contribution in [0.1, 0.15) is 30.7 Å². The Bertz CT molecular complexity index is 1160. The van der Waals surface area contributed by atoms with Crippen LogP contribution in [0.3, 0.4) is 0 Å². The number of piperidine rings is 1. The summed E-state index contributed by atoms with van der Waals surface area (Å²) < 4.78 is 11.3. The number of carboxylic acids is 2. The van der Waals surface area contributed by atoms with Crippen molar-refractivity contribution in [2.45, 2.75) is 37.4 Å². The molecule has 9 heteroatoms. The van der Waals surface area contributed by atoms with Crippen LogP contribution < -0.4 is 9.47 Å². The number of rotatable bonds is 10. The molecule has 1 aliphatic heterocycles. The molecule has 1 aliphatic rings. The van der Waals surface area contributed by atoms with Crippen molar-refractivity contribution < 1.29 is 39.5 Å². The number of fused-ring (bicyclic) bond motifs is 1. The van der Waals surface area contributed by atoms with E-state index in [4.69, 9.17) is 29.9 Å². The van der Waals surface area contributed by atoms with Gasteiger partial charge in [-0.15, -0.1) is 0 Å². The average molecular weight is 526 g/mol. The van der Waals surface area contributed by atoms with Crippen molar-refractivity contribution in [1.82, 2.24) is 4.90 Å². The summed E-state index contributed by atoms with van der Waals surface area (Å²) in [6.45, 7) is 4.27. The summed E-state index contributed by atoms with van der Waals surface area (Å²) in [6.07, 6.45) is -0.940. The standard InChI is InChI=1S/C25H29NO2.C4H6O6/c1-27-24-10-8-23-19-25(11-9-22(23)18-24)28-17-5-14-26-15-12-21(13-16-26)20-6-3-2-4-7-20;5-1(3(7)8)2(6)4(9)10/h2-4,6-11,18-19,21H,5,12-17H2,1H3;1-2,5-6H,(H,7,8)(H,9,10). The second-order valence-corrected chi connectivity index (χ2v) is 9.17. The normalized spacial score (nSPS) is 15.7. The molecule has 0 bridgehead atoms. The lowest BCUT2D eigenvalue weighted by Gasteiger charge is -2.32. The first-order valence-electron chi connectivity index (χ1n) is 12.6. The third-order valence-corrected chi connectivity index (χ3v) is 6.57. The summed E-state index contributed by atoms with van der Waals surface area (Å²) in [4.78, 5) is 22.1. The molecule has 204 valence electrons. The highest BCUT2D eigenvalue weighted by Crippen LogP contribution is 2.28. The molecular formula is C29H35NO8. The quantitative estimate of drug-likeness (QED) is 0.294. The first kappa shape index (κ1) is 28.9. The van der Waals surface area contributed by atoms with E-state index in [0.29, 0.717) is 0 Å². The Balaban J connectivity index is 0.000000342. The number of hydrogen-bond acceptors (Lipinski definition) is 7. The van der Waals surface area contributed by atoms with Crippen LogP contribution in [0.15, 0.2) is 66.7 Å². The Morgan fingerprint density at radius 1 is 0.868 bits per heavy atom. The molecule has 2 atom stereocenters. The first-order chi connectivity index (χ1) is 18.3. The zero-order valence-electron chi connectivity index (χ0n) is 21.4. The van der Waals surface area contributed by atoms with Gasteiger partial charge in [0.15, 0.2) is 12.2 Å². The summed E-state index contributed by atoms with van der Waals surface area (Å²) >= 11 is 0. The highest BCUT2D eigenvalue weighted by Gasteiger charge is 2.29. The SMILES string of the molecule is COc1ccc2cc(OCCCN3CCC(c4ccccc4)CC3)ccc2c1.O=C(O)C(O)C(O)C(=O)O. The number of aliphatic carboxylic acids is 2. The van der Waals surface area contributed by atoms with Gasteiger partial charge in [-0.25, -0.2) is 9.59 Å². The minimum absolute atomic E-state index is 0.727. The summed E-state index contributed by atoms with van der Waals surface area (Å²) in [6, 6.07) is 23.3. The van der Waals surface area contributed by atoms with Crippen molar-refractivity contribution in [3.8, 4) is 11.5 Å². The van der Waals surface area contributed by atoms with Gasteiger partial charge < -0.3 is 34.8 Å². The van der Waals surface area contributed by atoms with Crippen LogP contribution in [0.4, 0.5) is 0 Å². The van der Waals surface area contributed by atoms with Gasteiger partial charge in [-0.3, -0.25) is 0 Å². The van der Waals surface area contributed by atoms with Crippen LogP contribution in [-0.2, 0) is 9.59 Å². The van der Waals surface area contributed by atoms with Crippen molar-refractivity contribution >= 4 is 22.7 Å². The zero-order valence-corrected chi connectivity index (χ0v) is 21.4. The van der Waals surface area contributed by atoms with E-state index in [1.807, 2.05) is 12.1 Å². The minimum atomic E-state index is -2.27. The number of likely N-dealkylation sites (tertiary alicyclic amines) is 1. The van der Waals surface area contributed by atoms with Crippen molar-refractivity contribution in [3.05, 3.63) is 72.3 Å². The van der Waals surface area contributed by atoms with Crippen LogP contribution >= 0.6 is 0 Å². The Morgan fingerprint density at radius 2 is 1.42 bits per heavy atom. The fourth-order valence-electron chi connectivity index (χ4n) is 4.38. The largest absolute Gasteiger partial charge is 0.497 e. The molecule has 4 rings (SSSR count). The third-order valence-electron chi connectivity index (χ3n) is 6.57. The van der Waals surface area contributed by atoms with Crippen molar-refractivity contribution in [1.29, 1.82) is 0 Å². The molecule has 4 N–H and O–H groups in total. The molecule has 38 heavy (non-hydrogen) atoms. The molecule has 0 aromatic heterocycles. The van der Waals surface area contributed by atoms with Crippen LogP contribution in [0.25, 0.3) is 10.8 Å². The zero-order chi connectivity index (χ0) is 27.5. The molecule has 2 unspecified atom stereocenters. The molecule has 3 aromatic rings. The van der Waals surface area contributed by atoms with Gasteiger partial charge in [0.25, 0.3) is 0 Å². The molecule has 1 saturated heterocycles. The minimum Gasteiger partial charge on any atom is -0.497 e. The van der Waals surface area contributed by atoms with E-state index in [9.17, 15) is 9.59 Å². The Labute approximate surface area is 221 Å². The predicted octanol–water partition coefficient (Wildman–Crippen LogP) is 3.37. The lowest BCUT2D eigenvalue weighted by molar-refractivity contribution is -0.165. The van der Waals surface area contributed by atoms with E-state index in [-0.39, 0.29) is 0 Å². The van der Waals surface area contributed by atoms with E-state index in [0.717, 1.165) is 37.0 Å². The average Bonchev–Trinajstić information content (AvgIpc) is 2.95. The number of carboxylic acid groups (broad SMARTS) is 2. The van der Waals surface area contributed by atoms with Gasteiger partial charge in [0.2, 0.25) is 0 Å². The second-order valence-electron chi connectivity index (χ2n) is 9.17. The molecule has 9 nitrogen and oxygen atoms in total. The highest BCUT2D eigenvalue weighted by molar-refractivity contribution is 5.85. The molecule has 1 heterocycles. The number of nitrogens with zero attached hydrogens (tertiary/aromatic N) is 1. The lowest BCUT2D eigenvalue weighted by Crippen LogP contribution is -2.39. The van der Waals surface area contributed by atoms with Gasteiger partial charge in [0.1, 0.15) is 11.5 Å². The maximum atomic E-state index is 9.77. The molecule has 0 saturated carbocycles. The van der Waals surface area contributed by atoms with E-state index >= 15 is 0 Å². The highest BCUT2D eigenvalue weighted by atomic mass is 16.5. The van der Waals surface area contributed by atoms with Gasteiger partial charge in [0.05, 0.1) is 13.7 Å². The third kappa shape index (κ3) is 8.44. The number of hydrogen-bond donors (Lipinski definition) is 4. The number of carbonyl (C=O) groups is 2. The Kier molecular flexibility index (Phi) is 10.9. The van der Waals surface area contributed by atoms with Crippen molar-refractivity contribution in [2.75, 3.05) is 33.4 Å². The number of methoxy groups -OCH3 is 1. The summed E-state index contributed by atoms with van der Waals surface area (Å²) in [5.41, 5.74) is 1.50. The molecule has 3 aromatic carbocycles. The molecule has 0 aliphatic carbocycles. The van der Waals surface area contributed by atoms with Crippen LogP contribution in [0.5, 0.6) is 11.5 Å². The van der Waals surface area contributed by atoms with E-state index in [1.165, 1.54) is 42.3 Å². The molecule has 0 spiro atoms. The lowest BCUT2D eigenvalue weighted by atomic mass is 9.89. The predicted molar refractivity (Wildman–Crippen MR) is 143 cm³/mol. The molecular weight excluding hydrogens is 490 g/mol. The fraction of sp³-hybridized carbons (Fsp3) is 0.379. The number of ether oxygens (including phenoxy) is 2. The van der Waals surface area contributed by atoms with E-state index in [2.05, 4.69) is 59.5 Å². The Hall–Kier alpha value is -3.66. The van der Waals surface area contributed by atoms with Crippen LogP contribution in [0, 0.1) is 0 Å². The summed E-state index contributed by atoms with van der Waals surface area (Å²) in [5.74, 6) is -0.979. The van der Waals surface area contributed by atoms with E-state index < -0.39 is 24.1 Å². The number of benzene rings is 3. The summed E-state index contributed by atoms with van der Waals surface area (Å²) in [5, 5.41) is 34.9. The van der Waals surface area contributed by atoms with E-state index in [1.54, 1.807) is 7.11 Å². The Morgan fingerprint density at radius 3 is 1.97 bits per heavy atom. The molecule has 1 fully saturated rings. The van der Waals surface area contributed by atoms with Gasteiger partial charge in [-0.05, 0) is 78.9 Å². The second kappa shape index (κ2) is 14.3. The molecule has 0 radical (unpaired) electrons. The number of aliphatic hydroxyl groups excluding tert-OH is 2. The van der Waals surface area contributed by atoms with Gasteiger partial charge >= 0.3 is 11.9 Å². The maximum Gasteiger partial charge on any atom is 0.335 e. The maximum absolute atomic E-state index is 9.77. The van der Waals surface area contributed by atoms with Gasteiger partial charge in [-0.2, -0.15) is 0 Å². The summed E-state index contributed by atoms with van der Waals surface area (Å²) in [7, 11) is 1.70. The van der Waals surface area contributed by atoms with Gasteiger partial charge in [0, 0.05) is 6.54 Å². The van der Waals surface area contributed by atoms with Crippen molar-refractivity contribution in [3.63, 3.8) is 0 Å². The monoisotopic (exact) mass is 525 g/mol. The first-order valence-corrected chi connectivity index (χ1v) is 12.6. The number of aliphatic hydroxyl groups is 2. The van der Waals surface area contributed by atoms with Gasteiger partial charge in [-0.1, -0.05) is 42.5 Å². The van der Waals surface area contributed by atoms with Crippen LogP contribution in [0.2, 0.25) is 0 Å². The smallest absolute Gasteiger partial charge is 0.335 e. The topological polar surface area (TPSA) is 137 Å². The van der Waals surface area contributed by atoms with Crippen LogP contribution in [-0.4, -0.2) is 82.8 Å². The fourth-order valence-corrected chi connectivity index (χ4v) is 4.38.